The normalized spacial score (nSPS) is 24.0. The van der Waals surface area contributed by atoms with E-state index in [1.165, 1.54) is 173 Å². The Morgan fingerprint density at radius 2 is 0.111 bits per heavy atom. The molecule has 0 aliphatic heterocycles. The fraction of sp³-hybridized carbons (Fsp3) is 1.00. The van der Waals surface area contributed by atoms with Gasteiger partial charge in [-0.1, -0.05) is 173 Å². The third-order valence-electron chi connectivity index (χ3n) is 3.18. The summed E-state index contributed by atoms with van der Waals surface area (Å²) in [5.41, 5.74) is 0. The third-order valence-corrected chi connectivity index (χ3v) is 3.18. The average Bonchev–Trinajstić information content (AvgIpc) is 3.56. The number of hydrogen-bond acceptors (Lipinski definition) is 0. The first kappa shape index (κ1) is 25.0. The van der Waals surface area contributed by atoms with E-state index in [0.717, 1.165) is 0 Å². The molecule has 0 aromatic rings. The van der Waals surface area contributed by atoms with Gasteiger partial charge in [-0.05, 0) is 0 Å². The summed E-state index contributed by atoms with van der Waals surface area (Å²) in [5.74, 6) is 0. The van der Waals surface area contributed by atoms with Crippen LogP contribution in [0.5, 0.6) is 0 Å². The Kier molecular flexibility index (Phi) is 20.7. The van der Waals surface area contributed by atoms with Gasteiger partial charge in [0.2, 0.25) is 0 Å². The molecule has 9 aliphatic rings. The van der Waals surface area contributed by atoms with Gasteiger partial charge in [-0.15, -0.1) is 0 Å². The third kappa shape index (κ3) is 185. The lowest BCUT2D eigenvalue weighted by atomic mass is 11.0. The van der Waals surface area contributed by atoms with Crippen LogP contribution in [-0.4, -0.2) is 0 Å². The lowest BCUT2D eigenvalue weighted by molar-refractivity contribution is 1.50. The first-order valence-corrected chi connectivity index (χ1v) is 13.5. The highest BCUT2D eigenvalue weighted by Gasteiger charge is 1.97. The minimum Gasteiger partial charge on any atom is -0.0533 e. The second kappa shape index (κ2) is 22.3. The summed E-state index contributed by atoms with van der Waals surface area (Å²) in [6, 6.07) is 0. The van der Waals surface area contributed by atoms with Crippen molar-refractivity contribution in [1.29, 1.82) is 0 Å². The first-order chi connectivity index (χ1) is 13.5. The summed E-state index contributed by atoms with van der Waals surface area (Å²) in [6.45, 7) is 0. The number of hydrogen-bond donors (Lipinski definition) is 0. The van der Waals surface area contributed by atoms with E-state index in [4.69, 9.17) is 0 Å². The molecule has 27 heavy (non-hydrogen) atoms. The summed E-state index contributed by atoms with van der Waals surface area (Å²) in [6.07, 6.45) is 40.5. The van der Waals surface area contributed by atoms with Crippen LogP contribution in [0.1, 0.15) is 173 Å². The zero-order valence-corrected chi connectivity index (χ0v) is 19.1. The Morgan fingerprint density at radius 1 is 0.0741 bits per heavy atom. The molecule has 0 aromatic heterocycles. The molecule has 0 bridgehead atoms. The van der Waals surface area contributed by atoms with E-state index >= 15 is 0 Å². The van der Waals surface area contributed by atoms with Crippen molar-refractivity contribution in [3.8, 4) is 0 Å². The second-order valence-corrected chi connectivity index (χ2v) is 9.55. The monoisotopic (exact) mass is 378 g/mol. The van der Waals surface area contributed by atoms with Crippen molar-refractivity contribution >= 4 is 0 Å². The Balaban J connectivity index is 0.000000152. The highest BCUT2D eigenvalue weighted by atomic mass is 14.0. The van der Waals surface area contributed by atoms with E-state index in [1.54, 1.807) is 0 Å². The summed E-state index contributed by atoms with van der Waals surface area (Å²) in [5, 5.41) is 0. The Hall–Kier alpha value is 0. The zero-order valence-electron chi connectivity index (χ0n) is 19.1. The maximum absolute atomic E-state index is 1.50. The van der Waals surface area contributed by atoms with Crippen LogP contribution in [-0.2, 0) is 0 Å². The van der Waals surface area contributed by atoms with Gasteiger partial charge in [0.25, 0.3) is 0 Å². The van der Waals surface area contributed by atoms with Gasteiger partial charge in [-0.3, -0.25) is 0 Å². The molecular formula is C27H54. The predicted molar refractivity (Wildman–Crippen MR) is 125 cm³/mol. The molecule has 9 rings (SSSR count). The summed E-state index contributed by atoms with van der Waals surface area (Å²) in [4.78, 5) is 0. The van der Waals surface area contributed by atoms with Gasteiger partial charge in [0.1, 0.15) is 0 Å². The smallest absolute Gasteiger partial charge is 0.0533 e. The SMILES string of the molecule is C1CC1.C1CC1.C1CC1.C1CC1.C1CC1.C1CC1.C1CC1.C1CC1.C1CC1. The minimum atomic E-state index is 1.50. The van der Waals surface area contributed by atoms with Gasteiger partial charge in [0.15, 0.2) is 0 Å². The van der Waals surface area contributed by atoms with Crippen molar-refractivity contribution < 1.29 is 0 Å². The molecule has 0 saturated heterocycles. The standard InChI is InChI=1S/9C3H6/c9*1-2-3-1/h9*1-3H2. The quantitative estimate of drug-likeness (QED) is 0.393. The van der Waals surface area contributed by atoms with Gasteiger partial charge in [-0.25, -0.2) is 0 Å². The highest BCUT2D eigenvalue weighted by molar-refractivity contribution is 4.53. The van der Waals surface area contributed by atoms with Crippen molar-refractivity contribution in [3.63, 3.8) is 0 Å². The highest BCUT2D eigenvalue weighted by Crippen LogP contribution is 2.17. The van der Waals surface area contributed by atoms with Gasteiger partial charge in [0.05, 0.1) is 0 Å². The molecule has 0 atom stereocenters. The van der Waals surface area contributed by atoms with Crippen molar-refractivity contribution in [1.82, 2.24) is 0 Å². The summed E-state index contributed by atoms with van der Waals surface area (Å²) < 4.78 is 0. The molecule has 162 valence electrons. The van der Waals surface area contributed by atoms with Crippen LogP contribution in [0.3, 0.4) is 0 Å². The lowest BCUT2D eigenvalue weighted by Gasteiger charge is -1.05. The Morgan fingerprint density at radius 3 is 0.111 bits per heavy atom. The Labute approximate surface area is 173 Å². The molecule has 0 heteroatoms. The van der Waals surface area contributed by atoms with E-state index in [2.05, 4.69) is 0 Å². The maximum Gasteiger partial charge on any atom is -0.0533 e. The maximum atomic E-state index is 1.50. The summed E-state index contributed by atoms with van der Waals surface area (Å²) in [7, 11) is 0. The largest absolute Gasteiger partial charge is 0.0533 e. The van der Waals surface area contributed by atoms with E-state index in [1.807, 2.05) is 0 Å². The van der Waals surface area contributed by atoms with Crippen LogP contribution in [0.15, 0.2) is 0 Å². The fourth-order valence-corrected chi connectivity index (χ4v) is 0. The number of rotatable bonds is 0. The fourth-order valence-electron chi connectivity index (χ4n) is 0. The molecule has 0 aromatic carbocycles. The van der Waals surface area contributed by atoms with Crippen LogP contribution in [0.25, 0.3) is 0 Å². The molecule has 0 amide bonds. The van der Waals surface area contributed by atoms with Crippen molar-refractivity contribution in [2.24, 2.45) is 0 Å². The molecule has 9 saturated carbocycles. The van der Waals surface area contributed by atoms with Crippen molar-refractivity contribution in [2.45, 2.75) is 173 Å². The summed E-state index contributed by atoms with van der Waals surface area (Å²) >= 11 is 0. The zero-order chi connectivity index (χ0) is 19.1. The van der Waals surface area contributed by atoms with Crippen LogP contribution in [0.2, 0.25) is 0 Å². The van der Waals surface area contributed by atoms with Crippen molar-refractivity contribution in [2.75, 3.05) is 0 Å². The molecule has 9 fully saturated rings. The second-order valence-electron chi connectivity index (χ2n) is 9.55. The van der Waals surface area contributed by atoms with Gasteiger partial charge < -0.3 is 0 Å². The molecule has 0 radical (unpaired) electrons. The van der Waals surface area contributed by atoms with E-state index in [0.29, 0.717) is 0 Å². The average molecular weight is 379 g/mol. The lowest BCUT2D eigenvalue weighted by Crippen LogP contribution is -0.856. The van der Waals surface area contributed by atoms with E-state index in [9.17, 15) is 0 Å². The topological polar surface area (TPSA) is 0 Å². The van der Waals surface area contributed by atoms with Gasteiger partial charge >= 0.3 is 0 Å². The van der Waals surface area contributed by atoms with Crippen LogP contribution in [0, 0.1) is 0 Å². The van der Waals surface area contributed by atoms with Gasteiger partial charge in [-0.2, -0.15) is 0 Å². The molecule has 0 N–H and O–H groups in total. The van der Waals surface area contributed by atoms with Gasteiger partial charge in [0, 0.05) is 0 Å². The molecule has 9 aliphatic carbocycles. The first-order valence-electron chi connectivity index (χ1n) is 13.5. The van der Waals surface area contributed by atoms with Crippen LogP contribution >= 0.6 is 0 Å². The molecule has 0 heterocycles. The van der Waals surface area contributed by atoms with Crippen LogP contribution < -0.4 is 0 Å². The Bertz CT molecular complexity index is 128. The predicted octanol–water partition coefficient (Wildman–Crippen LogP) is 10.5. The van der Waals surface area contributed by atoms with Crippen LogP contribution in [0.4, 0.5) is 0 Å². The molecule has 0 spiro atoms. The molecule has 0 nitrogen and oxygen atoms in total. The minimum absolute atomic E-state index is 1.50. The van der Waals surface area contributed by atoms with E-state index in [-0.39, 0.29) is 0 Å². The van der Waals surface area contributed by atoms with Crippen molar-refractivity contribution in [3.05, 3.63) is 0 Å². The van der Waals surface area contributed by atoms with E-state index < -0.39 is 0 Å². The molecule has 0 unspecified atom stereocenters. The molecular weight excluding hydrogens is 324 g/mol.